The van der Waals surface area contributed by atoms with Gasteiger partial charge in [0, 0.05) is 11.6 Å². The highest BCUT2D eigenvalue weighted by Crippen LogP contribution is 2.27. The molecule has 0 bridgehead atoms. The summed E-state index contributed by atoms with van der Waals surface area (Å²) >= 11 is 0. The highest BCUT2D eigenvalue weighted by atomic mass is 32.2. The maximum atomic E-state index is 13.0. The van der Waals surface area contributed by atoms with Gasteiger partial charge in [-0.05, 0) is 25.1 Å². The standard InChI is InChI=1S/C18H17N3O6S/c1-11-4-6-12(7-5-11)28(24,25)21-9-8-13-15(19-10-20-16(13)21)14(17(22)26-2)18(23)27-3/h4-10,14H,1-3H3. The topological polar surface area (TPSA) is 117 Å². The lowest BCUT2D eigenvalue weighted by Gasteiger charge is -2.13. The van der Waals surface area contributed by atoms with Crippen LogP contribution in [0.25, 0.3) is 11.0 Å². The molecule has 0 atom stereocenters. The lowest BCUT2D eigenvalue weighted by atomic mass is 10.0. The highest BCUT2D eigenvalue weighted by Gasteiger charge is 2.34. The number of hydrogen-bond acceptors (Lipinski definition) is 8. The first-order valence-corrected chi connectivity index (χ1v) is 9.55. The summed E-state index contributed by atoms with van der Waals surface area (Å²) in [5.41, 5.74) is 0.949. The van der Waals surface area contributed by atoms with Gasteiger partial charge in [-0.3, -0.25) is 9.59 Å². The number of carbonyl (C=O) groups excluding carboxylic acids is 2. The molecule has 0 N–H and O–H groups in total. The van der Waals surface area contributed by atoms with Crippen LogP contribution in [0.1, 0.15) is 17.2 Å². The van der Waals surface area contributed by atoms with Crippen LogP contribution in [0.15, 0.2) is 47.8 Å². The van der Waals surface area contributed by atoms with Gasteiger partial charge in [-0.15, -0.1) is 0 Å². The van der Waals surface area contributed by atoms with Gasteiger partial charge in [0.1, 0.15) is 6.33 Å². The molecule has 9 nitrogen and oxygen atoms in total. The zero-order valence-electron chi connectivity index (χ0n) is 15.3. The third-order valence-corrected chi connectivity index (χ3v) is 5.88. The fourth-order valence-electron chi connectivity index (χ4n) is 2.75. The van der Waals surface area contributed by atoms with E-state index < -0.39 is 27.9 Å². The predicted octanol–water partition coefficient (Wildman–Crippen LogP) is 1.41. The van der Waals surface area contributed by atoms with Crippen LogP contribution >= 0.6 is 0 Å². The number of carbonyl (C=O) groups is 2. The molecule has 0 aliphatic heterocycles. The van der Waals surface area contributed by atoms with Gasteiger partial charge in [-0.1, -0.05) is 17.7 Å². The minimum Gasteiger partial charge on any atom is -0.468 e. The molecule has 2 heterocycles. The van der Waals surface area contributed by atoms with Crippen molar-refractivity contribution in [3.8, 4) is 0 Å². The van der Waals surface area contributed by atoms with E-state index >= 15 is 0 Å². The van der Waals surface area contributed by atoms with E-state index in [1.54, 1.807) is 12.1 Å². The molecule has 3 aromatic rings. The zero-order valence-corrected chi connectivity index (χ0v) is 16.1. The van der Waals surface area contributed by atoms with Crippen LogP contribution in [0.3, 0.4) is 0 Å². The quantitative estimate of drug-likeness (QED) is 0.463. The fraction of sp³-hybridized carbons (Fsp3) is 0.222. The maximum Gasteiger partial charge on any atom is 0.326 e. The molecule has 146 valence electrons. The van der Waals surface area contributed by atoms with Crippen molar-refractivity contribution in [3.63, 3.8) is 0 Å². The molecule has 2 aromatic heterocycles. The summed E-state index contributed by atoms with van der Waals surface area (Å²) in [6.07, 6.45) is 2.38. The second-order valence-corrected chi connectivity index (χ2v) is 7.72. The van der Waals surface area contributed by atoms with Crippen molar-refractivity contribution >= 4 is 33.0 Å². The monoisotopic (exact) mass is 403 g/mol. The normalized spacial score (nSPS) is 11.6. The Labute approximate surface area is 161 Å². The van der Waals surface area contributed by atoms with E-state index in [1.165, 1.54) is 24.4 Å². The van der Waals surface area contributed by atoms with Crippen molar-refractivity contribution < 1.29 is 27.5 Å². The molecule has 0 radical (unpaired) electrons. The van der Waals surface area contributed by atoms with E-state index in [4.69, 9.17) is 0 Å². The Hall–Kier alpha value is -3.27. The summed E-state index contributed by atoms with van der Waals surface area (Å²) in [4.78, 5) is 32.3. The van der Waals surface area contributed by atoms with E-state index in [1.807, 2.05) is 6.92 Å². The van der Waals surface area contributed by atoms with E-state index in [2.05, 4.69) is 19.4 Å². The predicted molar refractivity (Wildman–Crippen MR) is 98.1 cm³/mol. The molecule has 0 aliphatic rings. The number of esters is 2. The van der Waals surface area contributed by atoms with Gasteiger partial charge < -0.3 is 9.47 Å². The molecule has 0 saturated heterocycles. The number of benzene rings is 1. The summed E-state index contributed by atoms with van der Waals surface area (Å²) in [5.74, 6) is -3.21. The second-order valence-electron chi connectivity index (χ2n) is 5.91. The van der Waals surface area contributed by atoms with Crippen LogP contribution in [0.5, 0.6) is 0 Å². The van der Waals surface area contributed by atoms with Gasteiger partial charge >= 0.3 is 11.9 Å². The second kappa shape index (κ2) is 7.39. The van der Waals surface area contributed by atoms with Crippen LogP contribution in [0, 0.1) is 6.92 Å². The molecular weight excluding hydrogens is 386 g/mol. The summed E-state index contributed by atoms with van der Waals surface area (Å²) in [6.45, 7) is 1.85. The third-order valence-electron chi connectivity index (χ3n) is 4.20. The van der Waals surface area contributed by atoms with E-state index in [9.17, 15) is 18.0 Å². The van der Waals surface area contributed by atoms with Gasteiger partial charge in [0.2, 0.25) is 0 Å². The molecule has 0 aliphatic carbocycles. The molecule has 0 spiro atoms. The molecule has 28 heavy (non-hydrogen) atoms. The number of nitrogens with zero attached hydrogens (tertiary/aromatic N) is 3. The minimum atomic E-state index is -3.94. The molecular formula is C18H17N3O6S. The van der Waals surface area contributed by atoms with Crippen molar-refractivity contribution in [3.05, 3.63) is 54.1 Å². The first-order chi connectivity index (χ1) is 13.3. The number of ether oxygens (including phenoxy) is 2. The smallest absolute Gasteiger partial charge is 0.326 e. The average molecular weight is 403 g/mol. The zero-order chi connectivity index (χ0) is 20.5. The van der Waals surface area contributed by atoms with Crippen LogP contribution < -0.4 is 0 Å². The SMILES string of the molecule is COC(=O)C(C(=O)OC)c1ncnc2c1ccn2S(=O)(=O)c1ccc(C)cc1. The number of aryl methyl sites for hydroxylation is 1. The number of aromatic nitrogens is 3. The fourth-order valence-corrected chi connectivity index (χ4v) is 4.05. The van der Waals surface area contributed by atoms with Crippen molar-refractivity contribution in [2.45, 2.75) is 17.7 Å². The van der Waals surface area contributed by atoms with Crippen molar-refractivity contribution in [1.29, 1.82) is 0 Å². The van der Waals surface area contributed by atoms with E-state index in [0.29, 0.717) is 0 Å². The number of rotatable bonds is 5. The number of methoxy groups -OCH3 is 2. The van der Waals surface area contributed by atoms with Crippen molar-refractivity contribution in [1.82, 2.24) is 13.9 Å². The van der Waals surface area contributed by atoms with Crippen LogP contribution in [-0.4, -0.2) is 48.5 Å². The summed E-state index contributed by atoms with van der Waals surface area (Å²) in [6, 6.07) is 7.77. The minimum absolute atomic E-state index is 0.00144. The Kier molecular flexibility index (Phi) is 5.14. The van der Waals surface area contributed by atoms with Gasteiger partial charge in [0.25, 0.3) is 10.0 Å². The maximum absolute atomic E-state index is 13.0. The molecule has 3 rings (SSSR count). The van der Waals surface area contributed by atoms with Crippen molar-refractivity contribution in [2.75, 3.05) is 14.2 Å². The van der Waals surface area contributed by atoms with Gasteiger partial charge in [-0.2, -0.15) is 0 Å². The lowest BCUT2D eigenvalue weighted by molar-refractivity contribution is -0.154. The first kappa shape index (κ1) is 19.5. The molecule has 1 aromatic carbocycles. The average Bonchev–Trinajstić information content (AvgIpc) is 3.14. The van der Waals surface area contributed by atoms with Gasteiger partial charge in [-0.25, -0.2) is 22.4 Å². The molecule has 10 heteroatoms. The Morgan fingerprint density at radius 3 is 2.18 bits per heavy atom. The van der Waals surface area contributed by atoms with Crippen LogP contribution in [0.4, 0.5) is 0 Å². The van der Waals surface area contributed by atoms with Gasteiger partial charge in [0.15, 0.2) is 11.6 Å². The van der Waals surface area contributed by atoms with E-state index in [-0.39, 0.29) is 21.6 Å². The molecule has 0 fully saturated rings. The summed E-state index contributed by atoms with van der Waals surface area (Å²) < 4.78 is 36.3. The van der Waals surface area contributed by atoms with Gasteiger partial charge in [0.05, 0.1) is 24.8 Å². The Morgan fingerprint density at radius 1 is 1.00 bits per heavy atom. The third kappa shape index (κ3) is 3.22. The number of fused-ring (bicyclic) bond motifs is 1. The molecule has 0 amide bonds. The summed E-state index contributed by atoms with van der Waals surface area (Å²) in [7, 11) is -1.68. The number of hydrogen-bond donors (Lipinski definition) is 0. The van der Waals surface area contributed by atoms with Crippen LogP contribution in [0.2, 0.25) is 0 Å². The largest absolute Gasteiger partial charge is 0.468 e. The Morgan fingerprint density at radius 2 is 1.61 bits per heavy atom. The Bertz CT molecular complexity index is 1140. The summed E-state index contributed by atoms with van der Waals surface area (Å²) in [5, 5.41) is 0.221. The van der Waals surface area contributed by atoms with Crippen molar-refractivity contribution in [2.24, 2.45) is 0 Å². The lowest BCUT2D eigenvalue weighted by Crippen LogP contribution is -2.25. The molecule has 0 saturated carbocycles. The Balaban J connectivity index is 2.19. The van der Waals surface area contributed by atoms with Crippen LogP contribution in [-0.2, 0) is 29.1 Å². The first-order valence-electron chi connectivity index (χ1n) is 8.11. The van der Waals surface area contributed by atoms with E-state index in [0.717, 1.165) is 30.1 Å². The highest BCUT2D eigenvalue weighted by molar-refractivity contribution is 7.90. The molecule has 0 unspecified atom stereocenters.